The molecule has 0 aliphatic carbocycles. The first-order valence-electron chi connectivity index (χ1n) is 11.8. The molecule has 37 heavy (non-hydrogen) atoms. The molecule has 2 N–H and O–H groups in total. The van der Waals surface area contributed by atoms with Crippen molar-refractivity contribution in [2.75, 3.05) is 0 Å². The number of hydrogen-bond donors (Lipinski definition) is 2. The van der Waals surface area contributed by atoms with Gasteiger partial charge >= 0.3 is 0 Å². The number of halogens is 2. The molecule has 0 aliphatic rings. The van der Waals surface area contributed by atoms with Gasteiger partial charge in [0.25, 0.3) is 5.91 Å². The SMILES string of the molecule is Cc1nc(-c2ccc(C(C)(C)C)cc2)sc1C(=O)N[C@H](C)[C@](O)(Cn1cncn1)c1ccc(F)cc1F. The fourth-order valence-electron chi connectivity index (χ4n) is 4.08. The van der Waals surface area contributed by atoms with Gasteiger partial charge in [0, 0.05) is 17.2 Å². The summed E-state index contributed by atoms with van der Waals surface area (Å²) in [6.07, 6.45) is 2.65. The van der Waals surface area contributed by atoms with Crippen LogP contribution >= 0.6 is 11.3 Å². The molecule has 0 fully saturated rings. The molecule has 2 heterocycles. The van der Waals surface area contributed by atoms with Gasteiger partial charge in [0.1, 0.15) is 39.8 Å². The summed E-state index contributed by atoms with van der Waals surface area (Å²) in [5.41, 5.74) is 0.521. The van der Waals surface area contributed by atoms with Crippen LogP contribution in [0.15, 0.2) is 55.1 Å². The van der Waals surface area contributed by atoms with Crippen molar-refractivity contribution in [1.29, 1.82) is 0 Å². The van der Waals surface area contributed by atoms with Crippen molar-refractivity contribution in [3.63, 3.8) is 0 Å². The maximum absolute atomic E-state index is 14.8. The minimum atomic E-state index is -1.95. The lowest BCUT2D eigenvalue weighted by Crippen LogP contribution is -2.51. The van der Waals surface area contributed by atoms with E-state index in [0.29, 0.717) is 21.6 Å². The third-order valence-corrected chi connectivity index (χ3v) is 7.54. The zero-order valence-electron chi connectivity index (χ0n) is 21.3. The molecule has 1 amide bonds. The quantitative estimate of drug-likeness (QED) is 0.355. The van der Waals surface area contributed by atoms with E-state index in [1.165, 1.54) is 40.3 Å². The average molecular weight is 526 g/mol. The Hall–Kier alpha value is -3.50. The Morgan fingerprint density at radius 2 is 1.86 bits per heavy atom. The highest BCUT2D eigenvalue weighted by atomic mass is 32.1. The van der Waals surface area contributed by atoms with Crippen LogP contribution < -0.4 is 5.32 Å². The molecule has 2 atom stereocenters. The standard InChI is InChI=1S/C27H29F2N5O2S/c1-16-23(37-25(32-16)18-6-8-19(9-7-18)26(3,4)5)24(35)33-17(2)27(36,13-34-15-30-14-31-34)21-11-10-20(28)12-22(21)29/h6-12,14-15,17,36H,13H2,1-5H3,(H,33,35)/t17-,27-/m1/s1. The highest BCUT2D eigenvalue weighted by Gasteiger charge is 2.40. The largest absolute Gasteiger partial charge is 0.381 e. The van der Waals surface area contributed by atoms with E-state index in [2.05, 4.69) is 53.3 Å². The normalized spacial score (nSPS) is 14.3. The molecule has 0 saturated heterocycles. The van der Waals surface area contributed by atoms with Gasteiger partial charge in [0.15, 0.2) is 0 Å². The van der Waals surface area contributed by atoms with Gasteiger partial charge in [-0.05, 0) is 30.9 Å². The number of aryl methyl sites for hydroxylation is 1. The molecule has 2 aromatic carbocycles. The van der Waals surface area contributed by atoms with E-state index < -0.39 is 29.2 Å². The molecule has 194 valence electrons. The molecule has 0 spiro atoms. The monoisotopic (exact) mass is 525 g/mol. The minimum Gasteiger partial charge on any atom is -0.381 e. The van der Waals surface area contributed by atoms with E-state index in [4.69, 9.17) is 0 Å². The van der Waals surface area contributed by atoms with Crippen molar-refractivity contribution >= 4 is 17.2 Å². The molecular formula is C27H29F2N5O2S. The summed E-state index contributed by atoms with van der Waals surface area (Å²) in [6, 6.07) is 10.0. The van der Waals surface area contributed by atoms with Crippen molar-refractivity contribution in [3.05, 3.63) is 88.5 Å². The number of carbonyl (C=O) groups is 1. The van der Waals surface area contributed by atoms with Crippen LogP contribution in [0.25, 0.3) is 10.6 Å². The molecule has 0 bridgehead atoms. The van der Waals surface area contributed by atoms with E-state index in [9.17, 15) is 18.7 Å². The maximum atomic E-state index is 14.8. The molecule has 0 unspecified atom stereocenters. The number of thiazole rings is 1. The fourth-order valence-corrected chi connectivity index (χ4v) is 5.06. The highest BCUT2D eigenvalue weighted by molar-refractivity contribution is 7.17. The maximum Gasteiger partial charge on any atom is 0.263 e. The van der Waals surface area contributed by atoms with Crippen LogP contribution in [0, 0.1) is 18.6 Å². The second-order valence-corrected chi connectivity index (χ2v) is 11.1. The van der Waals surface area contributed by atoms with Gasteiger partial charge in [-0.15, -0.1) is 11.3 Å². The lowest BCUT2D eigenvalue weighted by molar-refractivity contribution is -0.0185. The van der Waals surface area contributed by atoms with Crippen molar-refractivity contribution in [3.8, 4) is 10.6 Å². The first-order valence-corrected chi connectivity index (χ1v) is 12.6. The number of benzene rings is 2. The van der Waals surface area contributed by atoms with Crippen LogP contribution in [0.3, 0.4) is 0 Å². The van der Waals surface area contributed by atoms with Gasteiger partial charge in [0.05, 0.1) is 18.3 Å². The second-order valence-electron chi connectivity index (χ2n) is 10.1. The molecule has 2 aromatic heterocycles. The van der Waals surface area contributed by atoms with Gasteiger partial charge in [0.2, 0.25) is 0 Å². The number of rotatable bonds is 7. The summed E-state index contributed by atoms with van der Waals surface area (Å²) in [5.74, 6) is -2.16. The topological polar surface area (TPSA) is 92.9 Å². The van der Waals surface area contributed by atoms with Crippen molar-refractivity contribution < 1.29 is 18.7 Å². The van der Waals surface area contributed by atoms with E-state index in [1.54, 1.807) is 13.8 Å². The fraction of sp³-hybridized carbons (Fsp3) is 0.333. The average Bonchev–Trinajstić information content (AvgIpc) is 3.47. The molecule has 0 saturated carbocycles. The summed E-state index contributed by atoms with van der Waals surface area (Å²) < 4.78 is 29.7. The third kappa shape index (κ3) is 5.60. The lowest BCUT2D eigenvalue weighted by atomic mass is 9.86. The zero-order chi connectivity index (χ0) is 27.0. The number of aliphatic hydroxyl groups is 1. The number of nitrogens with one attached hydrogen (secondary N) is 1. The first-order chi connectivity index (χ1) is 17.4. The lowest BCUT2D eigenvalue weighted by Gasteiger charge is -2.35. The zero-order valence-corrected chi connectivity index (χ0v) is 22.1. The van der Waals surface area contributed by atoms with Crippen molar-refractivity contribution in [1.82, 2.24) is 25.1 Å². The Balaban J connectivity index is 1.61. The van der Waals surface area contributed by atoms with Gasteiger partial charge < -0.3 is 10.4 Å². The third-order valence-electron chi connectivity index (χ3n) is 6.33. The number of nitrogens with zero attached hydrogens (tertiary/aromatic N) is 4. The number of aromatic nitrogens is 4. The second kappa shape index (κ2) is 10.1. The molecule has 4 rings (SSSR count). The minimum absolute atomic E-state index is 0.0194. The predicted molar refractivity (Wildman–Crippen MR) is 138 cm³/mol. The van der Waals surface area contributed by atoms with E-state index >= 15 is 0 Å². The van der Waals surface area contributed by atoms with Crippen LogP contribution in [0.5, 0.6) is 0 Å². The molecule has 4 aromatic rings. The van der Waals surface area contributed by atoms with E-state index in [1.807, 2.05) is 12.1 Å². The number of amides is 1. The molecule has 0 aliphatic heterocycles. The van der Waals surface area contributed by atoms with E-state index in [0.717, 1.165) is 11.6 Å². The smallest absolute Gasteiger partial charge is 0.263 e. The Labute approximate surface area is 218 Å². The number of hydrogen-bond acceptors (Lipinski definition) is 6. The Bertz CT molecular complexity index is 1400. The summed E-state index contributed by atoms with van der Waals surface area (Å²) in [5, 5.41) is 19.1. The molecular weight excluding hydrogens is 496 g/mol. The van der Waals surface area contributed by atoms with Crippen LogP contribution in [-0.2, 0) is 17.6 Å². The Morgan fingerprint density at radius 1 is 1.16 bits per heavy atom. The summed E-state index contributed by atoms with van der Waals surface area (Å²) in [7, 11) is 0. The summed E-state index contributed by atoms with van der Waals surface area (Å²) in [6.45, 7) is 9.50. The van der Waals surface area contributed by atoms with Crippen LogP contribution in [-0.4, -0.2) is 36.8 Å². The number of carbonyl (C=O) groups excluding carboxylic acids is 1. The van der Waals surface area contributed by atoms with Crippen molar-refractivity contribution in [2.45, 2.75) is 58.2 Å². The van der Waals surface area contributed by atoms with E-state index in [-0.39, 0.29) is 17.5 Å². The van der Waals surface area contributed by atoms with Crippen LogP contribution in [0.4, 0.5) is 8.78 Å². The molecule has 0 radical (unpaired) electrons. The van der Waals surface area contributed by atoms with Crippen molar-refractivity contribution in [2.24, 2.45) is 0 Å². The summed E-state index contributed by atoms with van der Waals surface area (Å²) in [4.78, 5) is 22.1. The Kier molecular flexibility index (Phi) is 7.25. The van der Waals surface area contributed by atoms with Crippen LogP contribution in [0.2, 0.25) is 0 Å². The van der Waals surface area contributed by atoms with Gasteiger partial charge in [-0.1, -0.05) is 51.1 Å². The van der Waals surface area contributed by atoms with Crippen LogP contribution in [0.1, 0.15) is 54.2 Å². The summed E-state index contributed by atoms with van der Waals surface area (Å²) >= 11 is 1.24. The van der Waals surface area contributed by atoms with Gasteiger partial charge in [-0.2, -0.15) is 5.10 Å². The molecule has 7 nitrogen and oxygen atoms in total. The Morgan fingerprint density at radius 3 is 2.46 bits per heavy atom. The first kappa shape index (κ1) is 26.6. The van der Waals surface area contributed by atoms with Gasteiger partial charge in [-0.25, -0.2) is 23.4 Å². The highest BCUT2D eigenvalue weighted by Crippen LogP contribution is 2.33. The van der Waals surface area contributed by atoms with Gasteiger partial charge in [-0.3, -0.25) is 4.79 Å². The molecule has 10 heteroatoms. The predicted octanol–water partition coefficient (Wildman–Crippen LogP) is 4.99.